The van der Waals surface area contributed by atoms with Gasteiger partial charge in [0, 0.05) is 17.9 Å². The molecule has 0 saturated heterocycles. The lowest BCUT2D eigenvalue weighted by molar-refractivity contribution is -0.118. The van der Waals surface area contributed by atoms with Crippen LogP contribution in [0.25, 0.3) is 0 Å². The molecule has 2 nitrogen and oxygen atoms in total. The fourth-order valence-electron chi connectivity index (χ4n) is 3.30. The van der Waals surface area contributed by atoms with Gasteiger partial charge < -0.3 is 4.90 Å². The summed E-state index contributed by atoms with van der Waals surface area (Å²) in [4.78, 5) is 14.4. The number of carbonyl (C=O) groups excluding carboxylic acids is 1. The average molecular weight is 309 g/mol. The van der Waals surface area contributed by atoms with Gasteiger partial charge in [0.15, 0.2) is 0 Å². The van der Waals surface area contributed by atoms with Crippen LogP contribution in [0.5, 0.6) is 0 Å². The topological polar surface area (TPSA) is 20.3 Å². The van der Waals surface area contributed by atoms with Crippen molar-refractivity contribution in [2.24, 2.45) is 0 Å². The molecule has 0 radical (unpaired) electrons. The summed E-state index contributed by atoms with van der Waals surface area (Å²) in [6.07, 6.45) is 1.44. The highest BCUT2D eigenvalue weighted by Gasteiger charge is 2.37. The maximum absolute atomic E-state index is 12.1. The zero-order chi connectivity index (χ0) is 16.9. The number of ketones is 1. The first-order valence-electron chi connectivity index (χ1n) is 8.22. The van der Waals surface area contributed by atoms with E-state index in [0.29, 0.717) is 12.5 Å². The van der Waals surface area contributed by atoms with E-state index < -0.39 is 0 Å². The molecule has 0 amide bonds. The van der Waals surface area contributed by atoms with Crippen molar-refractivity contribution in [3.63, 3.8) is 0 Å². The molecule has 0 spiro atoms. The van der Waals surface area contributed by atoms with Crippen LogP contribution >= 0.6 is 0 Å². The third kappa shape index (κ3) is 4.08. The maximum atomic E-state index is 12.1. The summed E-state index contributed by atoms with van der Waals surface area (Å²) in [7, 11) is 4.19. The number of benzene rings is 2. The minimum absolute atomic E-state index is 0.226. The monoisotopic (exact) mass is 309 g/mol. The fourth-order valence-corrected chi connectivity index (χ4v) is 3.30. The molecule has 0 heterocycles. The van der Waals surface area contributed by atoms with Gasteiger partial charge in [0.05, 0.1) is 0 Å². The van der Waals surface area contributed by atoms with Gasteiger partial charge in [0.25, 0.3) is 0 Å². The molecular weight excluding hydrogens is 282 g/mol. The normalized spacial score (nSPS) is 13.1. The molecule has 2 aromatic carbocycles. The standard InChI is InChI=1S/C21H27NO/c1-17(22(3)4)15-21(16-18(2)23,19-11-7-5-8-12-19)20-13-9-6-10-14-20/h5-14,17H,15-16H2,1-4H3/t17-/m1/s1. The Morgan fingerprint density at radius 3 is 1.74 bits per heavy atom. The molecule has 0 aliphatic carbocycles. The minimum Gasteiger partial charge on any atom is -0.307 e. The van der Waals surface area contributed by atoms with Crippen molar-refractivity contribution in [2.45, 2.75) is 38.1 Å². The van der Waals surface area contributed by atoms with Gasteiger partial charge >= 0.3 is 0 Å². The number of carbonyl (C=O) groups is 1. The van der Waals surface area contributed by atoms with Gasteiger partial charge in [-0.1, -0.05) is 60.7 Å². The van der Waals surface area contributed by atoms with E-state index in [1.807, 2.05) is 12.1 Å². The summed E-state index contributed by atoms with van der Waals surface area (Å²) >= 11 is 0. The van der Waals surface area contributed by atoms with Crippen LogP contribution in [0.1, 0.15) is 37.8 Å². The van der Waals surface area contributed by atoms with Crippen LogP contribution in [0.15, 0.2) is 60.7 Å². The third-order valence-corrected chi connectivity index (χ3v) is 4.73. The molecule has 0 aliphatic rings. The second-order valence-corrected chi connectivity index (χ2v) is 6.71. The van der Waals surface area contributed by atoms with E-state index in [9.17, 15) is 4.79 Å². The molecule has 0 fully saturated rings. The van der Waals surface area contributed by atoms with Crippen LogP contribution in [0.2, 0.25) is 0 Å². The fraction of sp³-hybridized carbons (Fsp3) is 0.381. The number of nitrogens with zero attached hydrogens (tertiary/aromatic N) is 1. The summed E-state index contributed by atoms with van der Waals surface area (Å²) in [5.74, 6) is 0.226. The van der Waals surface area contributed by atoms with E-state index in [1.165, 1.54) is 11.1 Å². The highest BCUT2D eigenvalue weighted by molar-refractivity contribution is 5.78. The van der Waals surface area contributed by atoms with Crippen molar-refractivity contribution in [3.05, 3.63) is 71.8 Å². The van der Waals surface area contributed by atoms with E-state index in [4.69, 9.17) is 0 Å². The number of rotatable bonds is 7. The van der Waals surface area contributed by atoms with Crippen LogP contribution in [-0.4, -0.2) is 30.8 Å². The van der Waals surface area contributed by atoms with Gasteiger partial charge in [0.1, 0.15) is 5.78 Å². The zero-order valence-electron chi connectivity index (χ0n) is 14.6. The number of hydrogen-bond donors (Lipinski definition) is 0. The van der Waals surface area contributed by atoms with Crippen molar-refractivity contribution < 1.29 is 4.79 Å². The second-order valence-electron chi connectivity index (χ2n) is 6.71. The van der Waals surface area contributed by atoms with E-state index >= 15 is 0 Å². The Kier molecular flexibility index (Phi) is 5.73. The van der Waals surface area contributed by atoms with Crippen molar-refractivity contribution in [1.82, 2.24) is 4.90 Å². The first-order chi connectivity index (χ1) is 11.0. The van der Waals surface area contributed by atoms with Crippen molar-refractivity contribution in [1.29, 1.82) is 0 Å². The average Bonchev–Trinajstić information content (AvgIpc) is 2.55. The Morgan fingerprint density at radius 2 is 1.39 bits per heavy atom. The smallest absolute Gasteiger partial charge is 0.131 e. The molecule has 2 heteroatoms. The Morgan fingerprint density at radius 1 is 0.957 bits per heavy atom. The van der Waals surface area contributed by atoms with Gasteiger partial charge in [-0.05, 0) is 45.5 Å². The molecule has 2 aromatic rings. The largest absolute Gasteiger partial charge is 0.307 e. The van der Waals surface area contributed by atoms with Crippen LogP contribution in [0, 0.1) is 0 Å². The Hall–Kier alpha value is -1.93. The molecule has 23 heavy (non-hydrogen) atoms. The molecule has 0 aromatic heterocycles. The molecule has 1 atom stereocenters. The van der Waals surface area contributed by atoms with E-state index in [2.05, 4.69) is 74.4 Å². The van der Waals surface area contributed by atoms with Gasteiger partial charge in [0.2, 0.25) is 0 Å². The highest BCUT2D eigenvalue weighted by Crippen LogP contribution is 2.40. The molecule has 0 saturated carbocycles. The van der Waals surface area contributed by atoms with Crippen LogP contribution < -0.4 is 0 Å². The minimum atomic E-state index is -0.280. The molecular formula is C21H27NO. The lowest BCUT2D eigenvalue weighted by Gasteiger charge is -2.38. The molecule has 2 rings (SSSR count). The highest BCUT2D eigenvalue weighted by atomic mass is 16.1. The molecule has 0 aliphatic heterocycles. The van der Waals surface area contributed by atoms with Gasteiger partial charge in [-0.25, -0.2) is 0 Å². The van der Waals surface area contributed by atoms with Crippen LogP contribution in [-0.2, 0) is 10.2 Å². The second kappa shape index (κ2) is 7.56. The van der Waals surface area contributed by atoms with E-state index in [1.54, 1.807) is 6.92 Å². The van der Waals surface area contributed by atoms with E-state index in [0.717, 1.165) is 6.42 Å². The van der Waals surface area contributed by atoms with Crippen molar-refractivity contribution >= 4 is 5.78 Å². The quantitative estimate of drug-likeness (QED) is 0.760. The Bertz CT molecular complexity index is 579. The van der Waals surface area contributed by atoms with Gasteiger partial charge in [-0.3, -0.25) is 4.79 Å². The van der Waals surface area contributed by atoms with Crippen molar-refractivity contribution in [2.75, 3.05) is 14.1 Å². The third-order valence-electron chi connectivity index (χ3n) is 4.73. The van der Waals surface area contributed by atoms with Crippen LogP contribution in [0.3, 0.4) is 0 Å². The Labute approximate surface area is 140 Å². The maximum Gasteiger partial charge on any atom is 0.131 e. The molecule has 122 valence electrons. The first kappa shape index (κ1) is 17.4. The Balaban J connectivity index is 2.60. The first-order valence-corrected chi connectivity index (χ1v) is 8.22. The summed E-state index contributed by atoms with van der Waals surface area (Å²) in [5.41, 5.74) is 2.16. The van der Waals surface area contributed by atoms with Gasteiger partial charge in [-0.2, -0.15) is 0 Å². The summed E-state index contributed by atoms with van der Waals surface area (Å²) in [6, 6.07) is 21.3. The SMILES string of the molecule is CC(=O)CC(C[C@@H](C)N(C)C)(c1ccccc1)c1ccccc1. The predicted molar refractivity (Wildman–Crippen MR) is 96.7 cm³/mol. The van der Waals surface area contributed by atoms with Crippen molar-refractivity contribution in [3.8, 4) is 0 Å². The summed E-state index contributed by atoms with van der Waals surface area (Å²) in [6.45, 7) is 3.92. The number of hydrogen-bond acceptors (Lipinski definition) is 2. The van der Waals surface area contributed by atoms with Gasteiger partial charge in [-0.15, -0.1) is 0 Å². The molecule has 0 unspecified atom stereocenters. The number of Topliss-reactive ketones (excluding diaryl/α,β-unsaturated/α-hetero) is 1. The summed E-state index contributed by atoms with van der Waals surface area (Å²) < 4.78 is 0. The molecule has 0 N–H and O–H groups in total. The zero-order valence-corrected chi connectivity index (χ0v) is 14.6. The predicted octanol–water partition coefficient (Wildman–Crippen LogP) is 4.29. The summed E-state index contributed by atoms with van der Waals surface area (Å²) in [5, 5.41) is 0. The van der Waals surface area contributed by atoms with E-state index in [-0.39, 0.29) is 11.2 Å². The lowest BCUT2D eigenvalue weighted by Crippen LogP contribution is -2.38. The molecule has 0 bridgehead atoms. The van der Waals surface area contributed by atoms with Crippen LogP contribution in [0.4, 0.5) is 0 Å². The lowest BCUT2D eigenvalue weighted by atomic mass is 9.67.